The van der Waals surface area contributed by atoms with Gasteiger partial charge in [0.15, 0.2) is 0 Å². The first-order valence-electron chi connectivity index (χ1n) is 2.64. The minimum atomic E-state index is 0. The fourth-order valence-corrected chi connectivity index (χ4v) is 0.272. The van der Waals surface area contributed by atoms with Gasteiger partial charge in [0.2, 0.25) is 0 Å². The maximum Gasteiger partial charge on any atom is 0.0186 e. The Kier molecular flexibility index (Phi) is 7.40. The van der Waals surface area contributed by atoms with Crippen molar-refractivity contribution in [1.29, 1.82) is 0 Å². The summed E-state index contributed by atoms with van der Waals surface area (Å²) in [4.78, 5) is 0. The summed E-state index contributed by atoms with van der Waals surface area (Å²) in [5.41, 5.74) is 10.7. The topological polar surface area (TPSA) is 52.0 Å². The maximum absolute atomic E-state index is 5.49. The van der Waals surface area contributed by atoms with E-state index in [1.54, 1.807) is 0 Å². The highest BCUT2D eigenvalue weighted by Gasteiger charge is 2.01. The molecule has 0 saturated carbocycles. The Morgan fingerprint density at radius 3 is 1.75 bits per heavy atom. The molecule has 0 aromatic rings. The molecule has 8 heavy (non-hydrogen) atoms. The van der Waals surface area contributed by atoms with E-state index in [2.05, 4.69) is 13.8 Å². The molecule has 0 spiro atoms. The Morgan fingerprint density at radius 1 is 1.38 bits per heavy atom. The van der Waals surface area contributed by atoms with Crippen molar-refractivity contribution in [1.82, 2.24) is 0 Å². The van der Waals surface area contributed by atoms with Gasteiger partial charge in [0.25, 0.3) is 0 Å². The zero-order chi connectivity index (χ0) is 5.86. The van der Waals surface area contributed by atoms with E-state index in [0.717, 1.165) is 0 Å². The van der Waals surface area contributed by atoms with Crippen molar-refractivity contribution >= 4 is 12.4 Å². The van der Waals surface area contributed by atoms with E-state index < -0.39 is 0 Å². The average molecular weight is 139 g/mol. The van der Waals surface area contributed by atoms with Crippen LogP contribution in [0.15, 0.2) is 0 Å². The minimum Gasteiger partial charge on any atom is -0.329 e. The van der Waals surface area contributed by atoms with Crippen molar-refractivity contribution in [2.75, 3.05) is 6.54 Å². The highest BCUT2D eigenvalue weighted by Crippen LogP contribution is 1.93. The lowest BCUT2D eigenvalue weighted by Crippen LogP contribution is -2.34. The molecule has 2 nitrogen and oxygen atoms in total. The summed E-state index contributed by atoms with van der Waals surface area (Å²) in [6, 6.07) is 0.181. The molecule has 3 heteroatoms. The molecule has 0 aliphatic rings. The minimum absolute atomic E-state index is 0. The van der Waals surface area contributed by atoms with Gasteiger partial charge < -0.3 is 11.5 Å². The van der Waals surface area contributed by atoms with Crippen LogP contribution in [0.1, 0.15) is 13.8 Å². The van der Waals surface area contributed by atoms with Crippen LogP contribution >= 0.6 is 12.4 Å². The van der Waals surface area contributed by atoms with E-state index in [-0.39, 0.29) is 18.4 Å². The number of rotatable bonds is 2. The Labute approximate surface area is 57.0 Å². The van der Waals surface area contributed by atoms with Gasteiger partial charge in [-0.1, -0.05) is 13.8 Å². The monoisotopic (exact) mass is 138 g/mol. The Bertz CT molecular complexity index is 47.7. The molecule has 0 aromatic carbocycles. The SMILES string of the molecule is CC(C)C(N)CN.Cl. The molecule has 52 valence electrons. The molecule has 0 fully saturated rings. The molecule has 0 aliphatic carbocycles. The molecular weight excluding hydrogens is 124 g/mol. The Hall–Kier alpha value is 0.210. The van der Waals surface area contributed by atoms with Crippen molar-refractivity contribution in [2.45, 2.75) is 19.9 Å². The zero-order valence-corrected chi connectivity index (χ0v) is 6.24. The third kappa shape index (κ3) is 4.37. The van der Waals surface area contributed by atoms with E-state index in [9.17, 15) is 0 Å². The Morgan fingerprint density at radius 2 is 1.75 bits per heavy atom. The molecule has 1 unspecified atom stereocenters. The summed E-state index contributed by atoms with van der Waals surface area (Å²) < 4.78 is 0. The van der Waals surface area contributed by atoms with Gasteiger partial charge in [-0.3, -0.25) is 0 Å². The zero-order valence-electron chi connectivity index (χ0n) is 5.42. The molecule has 0 bridgehead atoms. The van der Waals surface area contributed by atoms with Gasteiger partial charge in [0.05, 0.1) is 0 Å². The van der Waals surface area contributed by atoms with E-state index in [1.165, 1.54) is 0 Å². The smallest absolute Gasteiger partial charge is 0.0186 e. The number of halogens is 1. The lowest BCUT2D eigenvalue weighted by molar-refractivity contribution is 0.501. The number of hydrogen-bond donors (Lipinski definition) is 2. The summed E-state index contributed by atoms with van der Waals surface area (Å²) in [5.74, 6) is 0.519. The predicted octanol–water partition coefficient (Wildman–Crippen LogP) is 0.350. The lowest BCUT2D eigenvalue weighted by atomic mass is 10.1. The third-order valence-corrected chi connectivity index (χ3v) is 1.13. The fraction of sp³-hybridized carbons (Fsp3) is 1.00. The first-order valence-corrected chi connectivity index (χ1v) is 2.64. The largest absolute Gasteiger partial charge is 0.329 e. The van der Waals surface area contributed by atoms with Crippen molar-refractivity contribution in [3.63, 3.8) is 0 Å². The van der Waals surface area contributed by atoms with Crippen molar-refractivity contribution < 1.29 is 0 Å². The first-order chi connectivity index (χ1) is 3.18. The summed E-state index contributed by atoms with van der Waals surface area (Å²) in [6.07, 6.45) is 0. The molecule has 1 atom stereocenters. The van der Waals surface area contributed by atoms with Gasteiger partial charge in [0, 0.05) is 12.6 Å². The summed E-state index contributed by atoms with van der Waals surface area (Å²) in [7, 11) is 0. The molecule has 4 N–H and O–H groups in total. The second kappa shape index (κ2) is 5.35. The van der Waals surface area contributed by atoms with E-state index in [0.29, 0.717) is 12.5 Å². The van der Waals surface area contributed by atoms with Gasteiger partial charge in [-0.2, -0.15) is 0 Å². The van der Waals surface area contributed by atoms with Crippen LogP contribution in [0.4, 0.5) is 0 Å². The second-order valence-corrected chi connectivity index (χ2v) is 2.14. The van der Waals surface area contributed by atoms with Gasteiger partial charge in [-0.15, -0.1) is 12.4 Å². The van der Waals surface area contributed by atoms with Crippen molar-refractivity contribution in [3.05, 3.63) is 0 Å². The third-order valence-electron chi connectivity index (χ3n) is 1.13. The molecule has 0 aliphatic heterocycles. The average Bonchev–Trinajstić information content (AvgIpc) is 1.65. The summed E-state index contributed by atoms with van der Waals surface area (Å²) in [5, 5.41) is 0. The highest BCUT2D eigenvalue weighted by molar-refractivity contribution is 5.85. The van der Waals surface area contributed by atoms with Crippen molar-refractivity contribution in [3.8, 4) is 0 Å². The molecule has 0 heterocycles. The van der Waals surface area contributed by atoms with E-state index in [4.69, 9.17) is 11.5 Å². The predicted molar refractivity (Wildman–Crippen MR) is 39.1 cm³/mol. The number of nitrogens with two attached hydrogens (primary N) is 2. The summed E-state index contributed by atoms with van der Waals surface area (Å²) >= 11 is 0. The molecule has 0 rings (SSSR count). The molecular formula is C5H15ClN2. The standard InChI is InChI=1S/C5H14N2.ClH/c1-4(2)5(7)3-6;/h4-5H,3,6-7H2,1-2H3;1H. The lowest BCUT2D eigenvalue weighted by Gasteiger charge is -2.10. The molecule has 0 aromatic heterocycles. The van der Waals surface area contributed by atoms with Crippen LogP contribution in [0.2, 0.25) is 0 Å². The van der Waals surface area contributed by atoms with Gasteiger partial charge in [-0.05, 0) is 5.92 Å². The number of hydrogen-bond acceptors (Lipinski definition) is 2. The van der Waals surface area contributed by atoms with Gasteiger partial charge >= 0.3 is 0 Å². The first kappa shape index (κ1) is 11.1. The normalized spacial score (nSPS) is 13.1. The van der Waals surface area contributed by atoms with Crippen LogP contribution in [0.25, 0.3) is 0 Å². The highest BCUT2D eigenvalue weighted by atomic mass is 35.5. The molecule has 0 saturated heterocycles. The maximum atomic E-state index is 5.49. The fourth-order valence-electron chi connectivity index (χ4n) is 0.272. The second-order valence-electron chi connectivity index (χ2n) is 2.14. The van der Waals surface area contributed by atoms with Crippen LogP contribution < -0.4 is 11.5 Å². The summed E-state index contributed by atoms with van der Waals surface area (Å²) in [6.45, 7) is 4.73. The van der Waals surface area contributed by atoms with Gasteiger partial charge in [0.1, 0.15) is 0 Å². The van der Waals surface area contributed by atoms with Crippen LogP contribution in [-0.4, -0.2) is 12.6 Å². The van der Waals surface area contributed by atoms with Crippen LogP contribution in [0.5, 0.6) is 0 Å². The van der Waals surface area contributed by atoms with E-state index in [1.807, 2.05) is 0 Å². The Balaban J connectivity index is 0. The van der Waals surface area contributed by atoms with Gasteiger partial charge in [-0.25, -0.2) is 0 Å². The van der Waals surface area contributed by atoms with Crippen LogP contribution in [0, 0.1) is 5.92 Å². The molecule has 0 amide bonds. The van der Waals surface area contributed by atoms with Crippen LogP contribution in [-0.2, 0) is 0 Å². The molecule has 0 radical (unpaired) electrons. The van der Waals surface area contributed by atoms with Crippen LogP contribution in [0.3, 0.4) is 0 Å². The van der Waals surface area contributed by atoms with Crippen molar-refractivity contribution in [2.24, 2.45) is 17.4 Å². The quantitative estimate of drug-likeness (QED) is 0.579. The van der Waals surface area contributed by atoms with E-state index >= 15 is 0 Å².